The number of thiophene rings is 1. The number of nitrogens with zero attached hydrogens (tertiary/aromatic N) is 8. The average molecular weight is 573 g/mol. The second-order valence-electron chi connectivity index (χ2n) is 10.8. The van der Waals surface area contributed by atoms with Crippen LogP contribution >= 0.6 is 11.3 Å². The zero-order valence-electron chi connectivity index (χ0n) is 22.7. The molecule has 2 aliphatic rings. The smallest absolute Gasteiger partial charge is 0.229 e. The highest BCUT2D eigenvalue weighted by Crippen LogP contribution is 2.45. The third kappa shape index (κ3) is 4.59. The fourth-order valence-electron chi connectivity index (χ4n) is 5.89. The van der Waals surface area contributed by atoms with Crippen molar-refractivity contribution < 1.29 is 9.18 Å². The maximum Gasteiger partial charge on any atom is 0.229 e. The van der Waals surface area contributed by atoms with E-state index in [1.54, 1.807) is 23.6 Å². The Morgan fingerprint density at radius 1 is 1.12 bits per heavy atom. The standard InChI is InChI=1S/C28H29FN10OS/c1-17-13-22(36-35-17)32-24-21-5-12-41-25(21)34-27(33-24)37-9-6-28(7-10-37)8-11-38(26(28)40)18(2)19-3-4-23(30-14-19)39-16-20(29)15-31-39/h3-5,12-16,18H,6-11H2,1-2H3,(H2,32,33,34,35,36). The van der Waals surface area contributed by atoms with Crippen LogP contribution in [0.4, 0.5) is 22.0 Å². The maximum atomic E-state index is 13.8. The van der Waals surface area contributed by atoms with Crippen molar-refractivity contribution in [3.05, 3.63) is 65.3 Å². The van der Waals surface area contributed by atoms with Crippen LogP contribution in [0.1, 0.15) is 43.5 Å². The number of hydrogen-bond donors (Lipinski definition) is 2. The number of halogens is 1. The Hall–Kier alpha value is -4.39. The van der Waals surface area contributed by atoms with Crippen LogP contribution in [0.5, 0.6) is 0 Å². The van der Waals surface area contributed by atoms with Crippen molar-refractivity contribution in [1.82, 2.24) is 39.8 Å². The number of nitrogens with one attached hydrogen (secondary N) is 2. The van der Waals surface area contributed by atoms with Gasteiger partial charge in [-0.25, -0.2) is 19.0 Å². The highest BCUT2D eigenvalue weighted by atomic mass is 32.1. The third-order valence-corrected chi connectivity index (χ3v) is 9.13. The van der Waals surface area contributed by atoms with Gasteiger partial charge < -0.3 is 15.1 Å². The Labute approximate surface area is 239 Å². The number of aromatic amines is 1. The van der Waals surface area contributed by atoms with Crippen LogP contribution in [0.25, 0.3) is 16.0 Å². The minimum absolute atomic E-state index is 0.111. The van der Waals surface area contributed by atoms with Crippen molar-refractivity contribution >= 4 is 45.0 Å². The van der Waals surface area contributed by atoms with Gasteiger partial charge in [0.1, 0.15) is 10.6 Å². The van der Waals surface area contributed by atoms with Crippen molar-refractivity contribution in [2.45, 2.75) is 39.2 Å². The van der Waals surface area contributed by atoms with Gasteiger partial charge >= 0.3 is 0 Å². The minimum Gasteiger partial charge on any atom is -0.341 e. The second kappa shape index (κ2) is 9.91. The molecule has 0 radical (unpaired) electrons. The summed E-state index contributed by atoms with van der Waals surface area (Å²) in [5.74, 6) is 2.43. The molecule has 1 atom stereocenters. The first kappa shape index (κ1) is 25.6. The van der Waals surface area contributed by atoms with Gasteiger partial charge in [0, 0.05) is 37.6 Å². The van der Waals surface area contributed by atoms with Crippen LogP contribution in [-0.2, 0) is 4.79 Å². The first-order valence-electron chi connectivity index (χ1n) is 13.7. The van der Waals surface area contributed by atoms with Crippen molar-refractivity contribution in [3.8, 4) is 5.82 Å². The molecule has 1 spiro atoms. The lowest BCUT2D eigenvalue weighted by Gasteiger charge is -2.38. The Kier molecular flexibility index (Phi) is 6.18. The molecule has 2 saturated heterocycles. The summed E-state index contributed by atoms with van der Waals surface area (Å²) >= 11 is 1.58. The van der Waals surface area contributed by atoms with Gasteiger partial charge in [0.15, 0.2) is 17.5 Å². The number of rotatable bonds is 6. The Bertz CT molecular complexity index is 1720. The number of anilines is 3. The molecule has 0 aliphatic carbocycles. The first-order valence-corrected chi connectivity index (χ1v) is 14.5. The fraction of sp³-hybridized carbons (Fsp3) is 0.357. The van der Waals surface area contributed by atoms with E-state index in [2.05, 4.69) is 30.5 Å². The Morgan fingerprint density at radius 2 is 1.95 bits per heavy atom. The van der Waals surface area contributed by atoms with Crippen LogP contribution in [-0.4, -0.2) is 65.4 Å². The van der Waals surface area contributed by atoms with E-state index in [-0.39, 0.29) is 17.4 Å². The summed E-state index contributed by atoms with van der Waals surface area (Å²) in [6.07, 6.45) is 6.52. The zero-order valence-corrected chi connectivity index (χ0v) is 23.5. The SMILES string of the molecule is Cc1cc(Nc2nc(N3CCC4(CC3)CCN(C(C)c3ccc(-n5cc(F)cn5)nc3)C4=O)nc3sccc23)n[nH]1. The van der Waals surface area contributed by atoms with Crippen molar-refractivity contribution in [3.63, 3.8) is 0 Å². The quantitative estimate of drug-likeness (QED) is 0.299. The van der Waals surface area contributed by atoms with E-state index in [4.69, 9.17) is 9.97 Å². The summed E-state index contributed by atoms with van der Waals surface area (Å²) in [6.45, 7) is 6.12. The molecule has 1 unspecified atom stereocenters. The molecule has 2 N–H and O–H groups in total. The van der Waals surface area contributed by atoms with E-state index in [9.17, 15) is 9.18 Å². The van der Waals surface area contributed by atoms with Crippen molar-refractivity contribution in [2.75, 3.05) is 29.9 Å². The van der Waals surface area contributed by atoms with Crippen molar-refractivity contribution in [2.24, 2.45) is 5.41 Å². The predicted octanol–water partition coefficient (Wildman–Crippen LogP) is 4.77. The van der Waals surface area contributed by atoms with Gasteiger partial charge in [0.2, 0.25) is 11.9 Å². The van der Waals surface area contributed by atoms with E-state index in [0.717, 1.165) is 52.8 Å². The van der Waals surface area contributed by atoms with Gasteiger partial charge in [0.05, 0.1) is 29.2 Å². The number of aryl methyl sites for hydroxylation is 1. The maximum absolute atomic E-state index is 13.8. The fourth-order valence-corrected chi connectivity index (χ4v) is 6.65. The van der Waals surface area contributed by atoms with E-state index in [0.29, 0.717) is 37.2 Å². The molecule has 5 aromatic heterocycles. The van der Waals surface area contributed by atoms with E-state index in [1.165, 1.54) is 10.9 Å². The summed E-state index contributed by atoms with van der Waals surface area (Å²) in [7, 11) is 0. The van der Waals surface area contributed by atoms with Crippen LogP contribution in [0, 0.1) is 18.2 Å². The van der Waals surface area contributed by atoms with Crippen LogP contribution in [0.3, 0.4) is 0 Å². The number of H-pyrrole nitrogens is 1. The van der Waals surface area contributed by atoms with Gasteiger partial charge in [-0.3, -0.25) is 9.89 Å². The molecule has 41 heavy (non-hydrogen) atoms. The summed E-state index contributed by atoms with van der Waals surface area (Å²) in [6, 6.07) is 7.58. The molecule has 0 saturated carbocycles. The number of hydrogen-bond acceptors (Lipinski definition) is 9. The number of fused-ring (bicyclic) bond motifs is 1. The highest BCUT2D eigenvalue weighted by molar-refractivity contribution is 7.16. The molecule has 2 fully saturated rings. The molecule has 7 rings (SSSR count). The number of likely N-dealkylation sites (tertiary alicyclic amines) is 1. The number of piperidine rings is 1. The lowest BCUT2D eigenvalue weighted by Crippen LogP contribution is -2.45. The molecule has 13 heteroatoms. The predicted molar refractivity (Wildman–Crippen MR) is 154 cm³/mol. The van der Waals surface area contributed by atoms with Crippen molar-refractivity contribution in [1.29, 1.82) is 0 Å². The Morgan fingerprint density at radius 3 is 2.66 bits per heavy atom. The summed E-state index contributed by atoms with van der Waals surface area (Å²) in [5, 5.41) is 17.5. The molecule has 11 nitrogen and oxygen atoms in total. The molecule has 5 aromatic rings. The zero-order chi connectivity index (χ0) is 28.1. The summed E-state index contributed by atoms with van der Waals surface area (Å²) in [4.78, 5) is 33.1. The lowest BCUT2D eigenvalue weighted by molar-refractivity contribution is -0.138. The first-order chi connectivity index (χ1) is 19.9. The molecular weight excluding hydrogens is 543 g/mol. The lowest BCUT2D eigenvalue weighted by atomic mass is 9.77. The minimum atomic E-state index is -0.414. The highest BCUT2D eigenvalue weighted by Gasteiger charge is 2.49. The molecule has 210 valence electrons. The summed E-state index contributed by atoms with van der Waals surface area (Å²) < 4.78 is 14.7. The van der Waals surface area contributed by atoms with Crippen LogP contribution < -0.4 is 10.2 Å². The average Bonchev–Trinajstić information content (AvgIpc) is 3.78. The van der Waals surface area contributed by atoms with Gasteiger partial charge in [-0.1, -0.05) is 6.07 Å². The molecule has 1 amide bonds. The number of aromatic nitrogens is 7. The summed E-state index contributed by atoms with van der Waals surface area (Å²) in [5.41, 5.74) is 1.54. The Balaban J connectivity index is 1.04. The number of pyridine rings is 1. The number of amides is 1. The third-order valence-electron chi connectivity index (χ3n) is 8.32. The molecule has 7 heterocycles. The van der Waals surface area contributed by atoms with Gasteiger partial charge in [-0.2, -0.15) is 15.2 Å². The van der Waals surface area contributed by atoms with Gasteiger partial charge in [-0.15, -0.1) is 11.3 Å². The normalized spacial score (nSPS) is 17.6. The monoisotopic (exact) mass is 572 g/mol. The molecule has 0 aromatic carbocycles. The number of carbonyl (C=O) groups is 1. The van der Waals surface area contributed by atoms with E-state index < -0.39 is 5.82 Å². The van der Waals surface area contributed by atoms with E-state index in [1.807, 2.05) is 42.3 Å². The van der Waals surface area contributed by atoms with Gasteiger partial charge in [0.25, 0.3) is 0 Å². The second-order valence-corrected chi connectivity index (χ2v) is 11.7. The molecular formula is C28H29FN10OS. The largest absolute Gasteiger partial charge is 0.341 e. The molecule has 0 bridgehead atoms. The van der Waals surface area contributed by atoms with Gasteiger partial charge in [-0.05, 0) is 56.2 Å². The van der Waals surface area contributed by atoms with E-state index >= 15 is 0 Å². The van der Waals surface area contributed by atoms with Crippen LogP contribution in [0.15, 0.2) is 48.2 Å². The van der Waals surface area contributed by atoms with Crippen LogP contribution in [0.2, 0.25) is 0 Å². The number of carbonyl (C=O) groups excluding carboxylic acids is 1. The topological polar surface area (TPSA) is 121 Å². The molecule has 2 aliphatic heterocycles.